The summed E-state index contributed by atoms with van der Waals surface area (Å²) in [6.07, 6.45) is 3.92. The number of hydrogen-bond donors (Lipinski definition) is 2. The molecule has 0 aliphatic carbocycles. The highest BCUT2D eigenvalue weighted by atomic mass is 127. The zero-order chi connectivity index (χ0) is 14.1. The number of rotatable bonds is 6. The maximum absolute atomic E-state index is 4.30. The second-order valence-electron chi connectivity index (χ2n) is 4.26. The Morgan fingerprint density at radius 2 is 2.15 bits per heavy atom. The largest absolute Gasteiger partial charge is 0.363 e. The van der Waals surface area contributed by atoms with Gasteiger partial charge in [-0.25, -0.2) is 4.98 Å². The van der Waals surface area contributed by atoms with E-state index in [-0.39, 0.29) is 24.0 Å². The highest BCUT2D eigenvalue weighted by Crippen LogP contribution is 2.08. The van der Waals surface area contributed by atoms with Gasteiger partial charge in [0, 0.05) is 46.2 Å². The van der Waals surface area contributed by atoms with E-state index in [9.17, 15) is 0 Å². The van der Waals surface area contributed by atoms with E-state index in [0.29, 0.717) is 0 Å². The highest BCUT2D eigenvalue weighted by molar-refractivity contribution is 14.0. The van der Waals surface area contributed by atoms with Crippen LogP contribution in [0, 0.1) is 0 Å². The average molecular weight is 409 g/mol. The van der Waals surface area contributed by atoms with Gasteiger partial charge in [0.05, 0.1) is 0 Å². The molecule has 0 aromatic carbocycles. The van der Waals surface area contributed by atoms with Gasteiger partial charge in [-0.1, -0.05) is 0 Å². The third kappa shape index (κ3) is 7.18. The maximum Gasteiger partial charge on any atom is 0.191 e. The van der Waals surface area contributed by atoms with E-state index in [2.05, 4.69) is 32.9 Å². The number of anilines is 1. The molecule has 7 heteroatoms. The normalized spacial score (nSPS) is 10.7. The minimum Gasteiger partial charge on any atom is -0.363 e. The lowest BCUT2D eigenvalue weighted by Gasteiger charge is -2.14. The molecule has 1 rings (SSSR count). The molecule has 0 spiro atoms. The summed E-state index contributed by atoms with van der Waals surface area (Å²) in [5.74, 6) is 2.86. The Labute approximate surface area is 143 Å². The summed E-state index contributed by atoms with van der Waals surface area (Å²) in [5.41, 5.74) is 1.19. The third-order valence-electron chi connectivity index (χ3n) is 2.55. The second kappa shape index (κ2) is 11.0. The molecule has 0 fully saturated rings. The summed E-state index contributed by atoms with van der Waals surface area (Å²) >= 11 is 1.81. The first-order chi connectivity index (χ1) is 9.17. The summed E-state index contributed by atoms with van der Waals surface area (Å²) in [6, 6.07) is 4.08. The topological polar surface area (TPSA) is 52.6 Å². The molecule has 0 amide bonds. The van der Waals surface area contributed by atoms with Gasteiger partial charge in [-0.2, -0.15) is 11.8 Å². The van der Waals surface area contributed by atoms with Crippen molar-refractivity contribution in [2.24, 2.45) is 4.99 Å². The fraction of sp³-hybridized carbons (Fsp3) is 0.538. The fourth-order valence-electron chi connectivity index (χ4n) is 1.49. The smallest absolute Gasteiger partial charge is 0.191 e. The molecule has 1 aromatic rings. The Kier molecular flexibility index (Phi) is 10.6. The molecule has 0 saturated heterocycles. The molecule has 0 atom stereocenters. The van der Waals surface area contributed by atoms with Gasteiger partial charge in [-0.15, -0.1) is 24.0 Å². The molecular formula is C13H24IN5S. The van der Waals surface area contributed by atoms with Crippen molar-refractivity contribution in [2.45, 2.75) is 6.54 Å². The molecular weight excluding hydrogens is 385 g/mol. The van der Waals surface area contributed by atoms with Crippen LogP contribution in [0.4, 0.5) is 5.82 Å². The van der Waals surface area contributed by atoms with Crippen molar-refractivity contribution in [3.05, 3.63) is 23.9 Å². The van der Waals surface area contributed by atoms with Crippen molar-refractivity contribution in [3.8, 4) is 0 Å². The zero-order valence-electron chi connectivity index (χ0n) is 12.5. The molecule has 1 aromatic heterocycles. The van der Waals surface area contributed by atoms with E-state index in [4.69, 9.17) is 0 Å². The van der Waals surface area contributed by atoms with Crippen LogP contribution >= 0.6 is 35.7 Å². The van der Waals surface area contributed by atoms with Gasteiger partial charge >= 0.3 is 0 Å². The summed E-state index contributed by atoms with van der Waals surface area (Å²) in [7, 11) is 5.76. The van der Waals surface area contributed by atoms with Crippen LogP contribution in [0.15, 0.2) is 23.3 Å². The molecule has 2 N–H and O–H groups in total. The minimum absolute atomic E-state index is 0. The van der Waals surface area contributed by atoms with Crippen molar-refractivity contribution < 1.29 is 0 Å². The van der Waals surface area contributed by atoms with Crippen LogP contribution < -0.4 is 15.5 Å². The number of nitrogens with one attached hydrogen (secondary N) is 2. The van der Waals surface area contributed by atoms with Crippen LogP contribution in [0.25, 0.3) is 0 Å². The summed E-state index contributed by atoms with van der Waals surface area (Å²) in [4.78, 5) is 10.5. The highest BCUT2D eigenvalue weighted by Gasteiger charge is 2.01. The van der Waals surface area contributed by atoms with Crippen LogP contribution in [0.2, 0.25) is 0 Å². The van der Waals surface area contributed by atoms with Gasteiger partial charge in [0.2, 0.25) is 0 Å². The lowest BCUT2D eigenvalue weighted by molar-refractivity contribution is 0.830. The number of guanidine groups is 1. The number of hydrogen-bond acceptors (Lipinski definition) is 4. The predicted octanol–water partition coefficient (Wildman–Crippen LogP) is 1.79. The van der Waals surface area contributed by atoms with Gasteiger partial charge < -0.3 is 15.5 Å². The number of aliphatic imine (C=N–C) groups is 1. The van der Waals surface area contributed by atoms with E-state index >= 15 is 0 Å². The van der Waals surface area contributed by atoms with Crippen molar-refractivity contribution in [2.75, 3.05) is 44.6 Å². The Hall–Kier alpha value is -0.700. The number of aromatic nitrogens is 1. The van der Waals surface area contributed by atoms with Crippen LogP contribution in [-0.2, 0) is 6.54 Å². The van der Waals surface area contributed by atoms with Gasteiger partial charge in [0.25, 0.3) is 0 Å². The van der Waals surface area contributed by atoms with E-state index in [1.54, 1.807) is 7.05 Å². The Bertz CT molecular complexity index is 412. The van der Waals surface area contributed by atoms with Crippen molar-refractivity contribution in [1.29, 1.82) is 0 Å². The van der Waals surface area contributed by atoms with Crippen LogP contribution in [0.3, 0.4) is 0 Å². The first-order valence-electron chi connectivity index (χ1n) is 6.23. The SMILES string of the molecule is CN=C(NCCSC)NCc1ccnc(N(C)C)c1.I. The number of nitrogens with zero attached hydrogens (tertiary/aromatic N) is 3. The molecule has 0 aliphatic rings. The number of thioether (sulfide) groups is 1. The van der Waals surface area contributed by atoms with Gasteiger partial charge in [0.15, 0.2) is 5.96 Å². The molecule has 0 radical (unpaired) electrons. The lowest BCUT2D eigenvalue weighted by Crippen LogP contribution is -2.37. The molecule has 20 heavy (non-hydrogen) atoms. The molecule has 5 nitrogen and oxygen atoms in total. The molecule has 0 saturated carbocycles. The lowest BCUT2D eigenvalue weighted by atomic mass is 10.2. The molecule has 0 aliphatic heterocycles. The first-order valence-corrected chi connectivity index (χ1v) is 7.62. The van der Waals surface area contributed by atoms with Gasteiger partial charge in [-0.05, 0) is 24.0 Å². The molecule has 1 heterocycles. The van der Waals surface area contributed by atoms with Crippen LogP contribution in [0.5, 0.6) is 0 Å². The van der Waals surface area contributed by atoms with Crippen molar-refractivity contribution in [3.63, 3.8) is 0 Å². The molecule has 114 valence electrons. The first kappa shape index (κ1) is 19.3. The summed E-state index contributed by atoms with van der Waals surface area (Å²) in [5, 5.41) is 6.56. The van der Waals surface area contributed by atoms with E-state index < -0.39 is 0 Å². The Morgan fingerprint density at radius 1 is 1.40 bits per heavy atom. The third-order valence-corrected chi connectivity index (χ3v) is 3.16. The molecule has 0 unspecified atom stereocenters. The van der Waals surface area contributed by atoms with Gasteiger partial charge in [-0.3, -0.25) is 4.99 Å². The van der Waals surface area contributed by atoms with Crippen LogP contribution in [0.1, 0.15) is 5.56 Å². The fourth-order valence-corrected chi connectivity index (χ4v) is 1.80. The minimum atomic E-state index is 0. The van der Waals surface area contributed by atoms with E-state index in [1.807, 2.05) is 43.0 Å². The molecule has 0 bridgehead atoms. The maximum atomic E-state index is 4.30. The quantitative estimate of drug-likeness (QED) is 0.325. The number of halogens is 1. The Morgan fingerprint density at radius 3 is 2.75 bits per heavy atom. The summed E-state index contributed by atoms with van der Waals surface area (Å²) in [6.45, 7) is 1.66. The monoisotopic (exact) mass is 409 g/mol. The van der Waals surface area contributed by atoms with Crippen LogP contribution in [-0.4, -0.2) is 50.6 Å². The average Bonchev–Trinajstić information content (AvgIpc) is 2.43. The zero-order valence-corrected chi connectivity index (χ0v) is 15.7. The van der Waals surface area contributed by atoms with Crippen molar-refractivity contribution >= 4 is 47.5 Å². The second-order valence-corrected chi connectivity index (χ2v) is 5.25. The van der Waals surface area contributed by atoms with Crippen molar-refractivity contribution in [1.82, 2.24) is 15.6 Å². The predicted molar refractivity (Wildman–Crippen MR) is 101 cm³/mol. The Balaban J connectivity index is 0.00000361. The standard InChI is InChI=1S/C13H23N5S.HI/c1-14-13(16-7-8-19-4)17-10-11-5-6-15-12(9-11)18(2)3;/h5-6,9H,7-8,10H2,1-4H3,(H2,14,16,17);1H. The van der Waals surface area contributed by atoms with E-state index in [1.165, 1.54) is 5.56 Å². The van der Waals surface area contributed by atoms with E-state index in [0.717, 1.165) is 30.6 Å². The van der Waals surface area contributed by atoms with Gasteiger partial charge in [0.1, 0.15) is 5.82 Å². The number of pyridine rings is 1. The summed E-state index contributed by atoms with van der Waals surface area (Å²) < 4.78 is 0.